The molecule has 1 saturated carbocycles. The molecule has 12 heteroatoms. The Hall–Kier alpha value is -5.52. The summed E-state index contributed by atoms with van der Waals surface area (Å²) in [5.41, 5.74) is 0.113. The van der Waals surface area contributed by atoms with Crippen LogP contribution >= 0.6 is 0 Å². The molecule has 3 aromatic carbocycles. The molecule has 2 unspecified atom stereocenters. The Bertz CT molecular complexity index is 1610. The third kappa shape index (κ3) is 8.35. The maximum atomic E-state index is 13.1. The maximum Gasteiger partial charge on any atom is 0.339 e. The zero-order chi connectivity index (χ0) is 33.1. The summed E-state index contributed by atoms with van der Waals surface area (Å²) in [7, 11) is 2.41. The standard InChI is InChI=1S/C34H32O12/c1-41-29(35)23-12-3-5-14-25(23)31(37)43-18-19-44-32(38)26-15-6-8-17-28(26)34(40)46-22-11-9-10-21(20-22)45-33(39)27-16-7-4-13-24(27)30(36)42-2/h3-8,12-17,21-22H,9-11,18-20H2,1-2H3. The lowest BCUT2D eigenvalue weighted by Gasteiger charge is -2.29. The smallest absolute Gasteiger partial charge is 0.339 e. The van der Waals surface area contributed by atoms with E-state index in [2.05, 4.69) is 4.74 Å². The lowest BCUT2D eigenvalue weighted by atomic mass is 9.94. The van der Waals surface area contributed by atoms with E-state index in [9.17, 15) is 28.8 Å². The van der Waals surface area contributed by atoms with Crippen molar-refractivity contribution in [2.45, 2.75) is 37.9 Å². The molecule has 0 radical (unpaired) electrons. The van der Waals surface area contributed by atoms with Crippen molar-refractivity contribution in [3.05, 3.63) is 106 Å². The molecule has 1 fully saturated rings. The van der Waals surface area contributed by atoms with Gasteiger partial charge in [0.1, 0.15) is 25.4 Å². The van der Waals surface area contributed by atoms with Gasteiger partial charge < -0.3 is 28.4 Å². The van der Waals surface area contributed by atoms with Gasteiger partial charge in [0, 0.05) is 6.42 Å². The van der Waals surface area contributed by atoms with Crippen LogP contribution in [0.15, 0.2) is 72.8 Å². The van der Waals surface area contributed by atoms with Crippen molar-refractivity contribution in [3.8, 4) is 0 Å². The fourth-order valence-electron chi connectivity index (χ4n) is 4.91. The van der Waals surface area contributed by atoms with Gasteiger partial charge in [-0.1, -0.05) is 36.4 Å². The summed E-state index contributed by atoms with van der Waals surface area (Å²) in [6.45, 7) is -0.623. The van der Waals surface area contributed by atoms with Gasteiger partial charge in [-0.05, 0) is 55.7 Å². The molecule has 0 aromatic heterocycles. The molecular formula is C34H32O12. The molecule has 0 spiro atoms. The quantitative estimate of drug-likeness (QED) is 0.165. The molecule has 46 heavy (non-hydrogen) atoms. The summed E-state index contributed by atoms with van der Waals surface area (Å²) in [6.07, 6.45) is 0.756. The first-order chi connectivity index (χ1) is 22.2. The van der Waals surface area contributed by atoms with E-state index in [1.54, 1.807) is 36.4 Å². The van der Waals surface area contributed by atoms with E-state index < -0.39 is 48.0 Å². The van der Waals surface area contributed by atoms with Crippen molar-refractivity contribution in [3.63, 3.8) is 0 Å². The molecule has 0 bridgehead atoms. The highest BCUT2D eigenvalue weighted by Gasteiger charge is 2.30. The minimum atomic E-state index is -0.835. The topological polar surface area (TPSA) is 158 Å². The summed E-state index contributed by atoms with van der Waals surface area (Å²) in [6, 6.07) is 18.1. The number of ether oxygens (including phenoxy) is 6. The first kappa shape index (κ1) is 33.4. The molecule has 1 aliphatic carbocycles. The van der Waals surface area contributed by atoms with E-state index in [-0.39, 0.29) is 53.0 Å². The summed E-state index contributed by atoms with van der Waals surface area (Å²) >= 11 is 0. The van der Waals surface area contributed by atoms with E-state index in [1.165, 1.54) is 50.6 Å². The van der Waals surface area contributed by atoms with Crippen LogP contribution < -0.4 is 0 Å². The van der Waals surface area contributed by atoms with Gasteiger partial charge in [-0.25, -0.2) is 28.8 Å². The molecule has 2 atom stereocenters. The first-order valence-electron chi connectivity index (χ1n) is 14.4. The van der Waals surface area contributed by atoms with Crippen LogP contribution in [0.2, 0.25) is 0 Å². The molecule has 4 rings (SSSR count). The molecule has 0 aliphatic heterocycles. The Balaban J connectivity index is 1.31. The van der Waals surface area contributed by atoms with E-state index in [0.29, 0.717) is 19.3 Å². The van der Waals surface area contributed by atoms with Crippen LogP contribution in [0.4, 0.5) is 0 Å². The maximum absolute atomic E-state index is 13.1. The second kappa shape index (κ2) is 16.0. The summed E-state index contributed by atoms with van der Waals surface area (Å²) < 4.78 is 31.1. The number of esters is 6. The van der Waals surface area contributed by atoms with Crippen LogP contribution in [-0.2, 0) is 28.4 Å². The van der Waals surface area contributed by atoms with E-state index in [1.807, 2.05) is 0 Å². The second-order valence-corrected chi connectivity index (χ2v) is 10.1. The monoisotopic (exact) mass is 632 g/mol. The lowest BCUT2D eigenvalue weighted by Crippen LogP contribution is -2.32. The zero-order valence-electron chi connectivity index (χ0n) is 25.2. The van der Waals surface area contributed by atoms with Gasteiger partial charge >= 0.3 is 35.8 Å². The Kier molecular flexibility index (Phi) is 11.6. The van der Waals surface area contributed by atoms with Crippen LogP contribution in [0.5, 0.6) is 0 Å². The van der Waals surface area contributed by atoms with Crippen LogP contribution in [0.1, 0.15) is 87.8 Å². The molecule has 0 amide bonds. The van der Waals surface area contributed by atoms with Crippen molar-refractivity contribution in [1.29, 1.82) is 0 Å². The molecule has 0 N–H and O–H groups in total. The largest absolute Gasteiger partial charge is 0.465 e. The van der Waals surface area contributed by atoms with E-state index in [4.69, 9.17) is 23.7 Å². The highest BCUT2D eigenvalue weighted by Crippen LogP contribution is 2.26. The normalized spacial score (nSPS) is 15.5. The Morgan fingerprint density at radius 2 is 0.804 bits per heavy atom. The average molecular weight is 633 g/mol. The number of hydrogen-bond donors (Lipinski definition) is 0. The van der Waals surface area contributed by atoms with Gasteiger partial charge in [-0.3, -0.25) is 0 Å². The third-order valence-corrected chi connectivity index (χ3v) is 7.15. The van der Waals surface area contributed by atoms with E-state index in [0.717, 1.165) is 0 Å². The highest BCUT2D eigenvalue weighted by atomic mass is 16.6. The fraction of sp³-hybridized carbons (Fsp3) is 0.294. The van der Waals surface area contributed by atoms with Gasteiger partial charge in [0.05, 0.1) is 47.6 Å². The number of rotatable bonds is 11. The number of benzene rings is 3. The minimum Gasteiger partial charge on any atom is -0.465 e. The van der Waals surface area contributed by atoms with Crippen molar-refractivity contribution in [2.75, 3.05) is 27.4 Å². The SMILES string of the molecule is COC(=O)c1ccccc1C(=O)OCCOC(=O)c1ccccc1C(=O)OC1CCCC(OC(=O)c2ccccc2C(=O)OC)C1. The number of carbonyl (C=O) groups is 6. The molecular weight excluding hydrogens is 600 g/mol. The molecule has 240 valence electrons. The van der Waals surface area contributed by atoms with Crippen molar-refractivity contribution < 1.29 is 57.2 Å². The predicted octanol–water partition coefficient (Wildman–Crippen LogP) is 4.60. The van der Waals surface area contributed by atoms with Crippen LogP contribution in [0, 0.1) is 0 Å². The highest BCUT2D eigenvalue weighted by molar-refractivity contribution is 6.04. The average Bonchev–Trinajstić information content (AvgIpc) is 3.09. The van der Waals surface area contributed by atoms with E-state index >= 15 is 0 Å². The van der Waals surface area contributed by atoms with Gasteiger partial charge in [-0.2, -0.15) is 0 Å². The molecule has 3 aromatic rings. The summed E-state index contributed by atoms with van der Waals surface area (Å²) in [5, 5.41) is 0. The third-order valence-electron chi connectivity index (χ3n) is 7.15. The molecule has 0 saturated heterocycles. The van der Waals surface area contributed by atoms with Gasteiger partial charge in [0.15, 0.2) is 0 Å². The predicted molar refractivity (Wildman–Crippen MR) is 159 cm³/mol. The number of methoxy groups -OCH3 is 2. The van der Waals surface area contributed by atoms with Crippen molar-refractivity contribution in [1.82, 2.24) is 0 Å². The Morgan fingerprint density at radius 1 is 0.500 bits per heavy atom. The van der Waals surface area contributed by atoms with Gasteiger partial charge in [-0.15, -0.1) is 0 Å². The lowest BCUT2D eigenvalue weighted by molar-refractivity contribution is -0.0181. The molecule has 0 heterocycles. The van der Waals surface area contributed by atoms with Crippen LogP contribution in [-0.4, -0.2) is 75.5 Å². The van der Waals surface area contributed by atoms with Crippen molar-refractivity contribution >= 4 is 35.8 Å². The summed E-state index contributed by atoms with van der Waals surface area (Å²) in [5.74, 6) is -4.45. The zero-order valence-corrected chi connectivity index (χ0v) is 25.2. The number of carbonyl (C=O) groups excluding carboxylic acids is 6. The minimum absolute atomic E-state index is 0.000467. The van der Waals surface area contributed by atoms with Crippen LogP contribution in [0.25, 0.3) is 0 Å². The first-order valence-corrected chi connectivity index (χ1v) is 14.4. The Morgan fingerprint density at radius 3 is 1.13 bits per heavy atom. The van der Waals surface area contributed by atoms with Gasteiger partial charge in [0.25, 0.3) is 0 Å². The summed E-state index contributed by atoms with van der Waals surface area (Å²) in [4.78, 5) is 75.3. The Labute approximate surface area is 264 Å². The van der Waals surface area contributed by atoms with Gasteiger partial charge in [0.2, 0.25) is 0 Å². The fourth-order valence-corrected chi connectivity index (χ4v) is 4.91. The molecule has 1 aliphatic rings. The number of hydrogen-bond acceptors (Lipinski definition) is 12. The molecule has 12 nitrogen and oxygen atoms in total. The van der Waals surface area contributed by atoms with Crippen molar-refractivity contribution in [2.24, 2.45) is 0 Å². The second-order valence-electron chi connectivity index (χ2n) is 10.1. The van der Waals surface area contributed by atoms with Crippen LogP contribution in [0.3, 0.4) is 0 Å².